The Morgan fingerprint density at radius 1 is 1.41 bits per heavy atom. The Bertz CT molecular complexity index is 453. The number of fused-ring (bicyclic) bond motifs is 2. The highest BCUT2D eigenvalue weighted by Gasteiger charge is 2.34. The molecular formula is C17H27ClN2OS. The van der Waals surface area contributed by atoms with Gasteiger partial charge in [-0.15, -0.1) is 23.7 Å². The van der Waals surface area contributed by atoms with Gasteiger partial charge in [0, 0.05) is 29.9 Å². The summed E-state index contributed by atoms with van der Waals surface area (Å²) in [5.41, 5.74) is 0. The van der Waals surface area contributed by atoms with Crippen molar-refractivity contribution in [3.8, 4) is 0 Å². The van der Waals surface area contributed by atoms with Crippen LogP contribution in [0.2, 0.25) is 0 Å². The van der Waals surface area contributed by atoms with Gasteiger partial charge >= 0.3 is 0 Å². The fourth-order valence-electron chi connectivity index (χ4n) is 3.81. The zero-order chi connectivity index (χ0) is 14.7. The third-order valence-corrected chi connectivity index (χ3v) is 5.72. The maximum absolute atomic E-state index is 12.1. The van der Waals surface area contributed by atoms with Gasteiger partial charge in [0.05, 0.1) is 0 Å². The third-order valence-electron chi connectivity index (χ3n) is 4.82. The molecule has 2 bridgehead atoms. The molecule has 2 fully saturated rings. The lowest BCUT2D eigenvalue weighted by Gasteiger charge is -2.28. The molecule has 3 heterocycles. The van der Waals surface area contributed by atoms with Gasteiger partial charge in [-0.1, -0.05) is 13.0 Å². The molecule has 2 saturated heterocycles. The maximum atomic E-state index is 12.1. The van der Waals surface area contributed by atoms with Gasteiger partial charge in [-0.3, -0.25) is 4.79 Å². The van der Waals surface area contributed by atoms with Crippen molar-refractivity contribution in [1.82, 2.24) is 10.6 Å². The quantitative estimate of drug-likeness (QED) is 0.832. The van der Waals surface area contributed by atoms with Crippen LogP contribution in [0.4, 0.5) is 0 Å². The van der Waals surface area contributed by atoms with Crippen molar-refractivity contribution in [3.63, 3.8) is 0 Å². The molecule has 3 unspecified atom stereocenters. The van der Waals surface area contributed by atoms with E-state index in [0.29, 0.717) is 23.9 Å². The van der Waals surface area contributed by atoms with Gasteiger partial charge < -0.3 is 10.6 Å². The van der Waals surface area contributed by atoms with E-state index >= 15 is 0 Å². The lowest BCUT2D eigenvalue weighted by molar-refractivity contribution is -0.122. The fraction of sp³-hybridized carbons (Fsp3) is 0.706. The highest BCUT2D eigenvalue weighted by Crippen LogP contribution is 2.32. The number of piperidine rings is 1. The molecule has 22 heavy (non-hydrogen) atoms. The second-order valence-electron chi connectivity index (χ2n) is 6.87. The minimum Gasteiger partial charge on any atom is -0.356 e. The van der Waals surface area contributed by atoms with E-state index in [1.807, 2.05) is 0 Å². The molecule has 0 spiro atoms. The van der Waals surface area contributed by atoms with Gasteiger partial charge in [-0.25, -0.2) is 0 Å². The van der Waals surface area contributed by atoms with Crippen LogP contribution in [0.1, 0.15) is 43.9 Å². The van der Waals surface area contributed by atoms with Crippen molar-refractivity contribution in [2.75, 3.05) is 6.54 Å². The van der Waals surface area contributed by atoms with Gasteiger partial charge in [-0.2, -0.15) is 0 Å². The second kappa shape index (κ2) is 8.32. The van der Waals surface area contributed by atoms with Crippen molar-refractivity contribution < 1.29 is 4.79 Å². The minimum atomic E-state index is 0. The topological polar surface area (TPSA) is 41.1 Å². The molecule has 5 heteroatoms. The summed E-state index contributed by atoms with van der Waals surface area (Å²) in [7, 11) is 0. The first-order valence-electron chi connectivity index (χ1n) is 8.24. The van der Waals surface area contributed by atoms with Crippen LogP contribution < -0.4 is 10.6 Å². The molecule has 1 aromatic heterocycles. The van der Waals surface area contributed by atoms with Crippen LogP contribution in [0, 0.1) is 11.8 Å². The molecular weight excluding hydrogens is 316 g/mol. The number of thiophene rings is 1. The molecule has 1 aromatic rings. The Labute approximate surface area is 143 Å². The molecule has 124 valence electrons. The van der Waals surface area contributed by atoms with E-state index in [0.717, 1.165) is 19.4 Å². The highest BCUT2D eigenvalue weighted by molar-refractivity contribution is 7.09. The van der Waals surface area contributed by atoms with Gasteiger partial charge in [0.1, 0.15) is 0 Å². The summed E-state index contributed by atoms with van der Waals surface area (Å²) >= 11 is 1.80. The Balaban J connectivity index is 0.00000176. The van der Waals surface area contributed by atoms with Crippen molar-refractivity contribution >= 4 is 29.7 Å². The molecule has 0 aliphatic carbocycles. The van der Waals surface area contributed by atoms with E-state index in [4.69, 9.17) is 0 Å². The van der Waals surface area contributed by atoms with Gasteiger partial charge in [0.15, 0.2) is 0 Å². The number of hydrogen-bond acceptors (Lipinski definition) is 3. The number of carbonyl (C=O) groups excluding carboxylic acids is 1. The van der Waals surface area contributed by atoms with Crippen molar-refractivity contribution in [2.45, 2.75) is 57.5 Å². The average molecular weight is 343 g/mol. The first-order valence-corrected chi connectivity index (χ1v) is 9.12. The number of amides is 1. The standard InChI is InChI=1S/C17H26N2OS.ClH/c1-12(7-16-3-2-6-21-16)11-18-17(20)10-13-8-14-4-5-15(9-13)19-14;/h2-3,6,12-15,19H,4-5,7-11H2,1H3,(H,18,20);1H. The molecule has 3 atom stereocenters. The number of carbonyl (C=O) groups is 1. The van der Waals surface area contributed by atoms with Crippen LogP contribution in [0.5, 0.6) is 0 Å². The van der Waals surface area contributed by atoms with Gasteiger partial charge in [0.25, 0.3) is 0 Å². The smallest absolute Gasteiger partial charge is 0.220 e. The van der Waals surface area contributed by atoms with E-state index in [9.17, 15) is 4.79 Å². The Hall–Kier alpha value is -0.580. The summed E-state index contributed by atoms with van der Waals surface area (Å²) in [6, 6.07) is 5.63. The zero-order valence-corrected chi connectivity index (χ0v) is 14.8. The largest absolute Gasteiger partial charge is 0.356 e. The first kappa shape index (κ1) is 17.8. The van der Waals surface area contributed by atoms with Gasteiger partial charge in [0.2, 0.25) is 5.91 Å². The van der Waals surface area contributed by atoms with E-state index in [-0.39, 0.29) is 18.3 Å². The lowest BCUT2D eigenvalue weighted by Crippen LogP contribution is -2.40. The molecule has 2 N–H and O–H groups in total. The normalized spacial score (nSPS) is 28.0. The Morgan fingerprint density at radius 3 is 2.77 bits per heavy atom. The van der Waals surface area contributed by atoms with Crippen LogP contribution in [0.25, 0.3) is 0 Å². The van der Waals surface area contributed by atoms with Crippen molar-refractivity contribution in [3.05, 3.63) is 22.4 Å². The molecule has 3 rings (SSSR count). The summed E-state index contributed by atoms with van der Waals surface area (Å²) in [4.78, 5) is 13.5. The lowest BCUT2D eigenvalue weighted by atomic mass is 9.89. The monoisotopic (exact) mass is 342 g/mol. The molecule has 0 aromatic carbocycles. The summed E-state index contributed by atoms with van der Waals surface area (Å²) in [6.45, 7) is 3.01. The predicted octanol–water partition coefficient (Wildman–Crippen LogP) is 3.39. The van der Waals surface area contributed by atoms with Gasteiger partial charge in [-0.05, 0) is 55.4 Å². The molecule has 0 radical (unpaired) electrons. The Morgan fingerprint density at radius 2 is 2.14 bits per heavy atom. The van der Waals surface area contributed by atoms with E-state index in [2.05, 4.69) is 35.1 Å². The van der Waals surface area contributed by atoms with E-state index < -0.39 is 0 Å². The summed E-state index contributed by atoms with van der Waals surface area (Å²) in [5, 5.41) is 8.89. The number of nitrogens with one attached hydrogen (secondary N) is 2. The molecule has 2 aliphatic rings. The van der Waals surface area contributed by atoms with Crippen molar-refractivity contribution in [1.29, 1.82) is 0 Å². The van der Waals surface area contributed by atoms with Crippen LogP contribution in [0.3, 0.4) is 0 Å². The Kier molecular flexibility index (Phi) is 6.72. The van der Waals surface area contributed by atoms with Crippen LogP contribution in [0.15, 0.2) is 17.5 Å². The molecule has 0 saturated carbocycles. The molecule has 2 aliphatic heterocycles. The third kappa shape index (κ3) is 4.97. The van der Waals surface area contributed by atoms with Crippen molar-refractivity contribution in [2.24, 2.45) is 11.8 Å². The summed E-state index contributed by atoms with van der Waals surface area (Å²) in [5.74, 6) is 1.35. The zero-order valence-electron chi connectivity index (χ0n) is 13.2. The predicted molar refractivity (Wildman–Crippen MR) is 94.7 cm³/mol. The van der Waals surface area contributed by atoms with Crippen LogP contribution >= 0.6 is 23.7 Å². The van der Waals surface area contributed by atoms with E-state index in [1.165, 1.54) is 30.6 Å². The first-order chi connectivity index (χ1) is 10.2. The van der Waals surface area contributed by atoms with Crippen LogP contribution in [-0.2, 0) is 11.2 Å². The van der Waals surface area contributed by atoms with Crippen LogP contribution in [-0.4, -0.2) is 24.5 Å². The summed E-state index contributed by atoms with van der Waals surface area (Å²) in [6.07, 6.45) is 6.78. The number of halogens is 1. The number of hydrogen-bond donors (Lipinski definition) is 2. The van der Waals surface area contributed by atoms with E-state index in [1.54, 1.807) is 11.3 Å². The molecule has 1 amide bonds. The SMILES string of the molecule is CC(CNC(=O)CC1CC2CCC(C1)N2)Cc1cccs1.Cl. The highest BCUT2D eigenvalue weighted by atomic mass is 35.5. The molecule has 3 nitrogen and oxygen atoms in total. The average Bonchev–Trinajstić information content (AvgIpc) is 3.06. The number of rotatable bonds is 6. The minimum absolute atomic E-state index is 0. The maximum Gasteiger partial charge on any atom is 0.220 e. The summed E-state index contributed by atoms with van der Waals surface area (Å²) < 4.78 is 0. The second-order valence-corrected chi connectivity index (χ2v) is 7.90. The fourth-order valence-corrected chi connectivity index (χ4v) is 4.68.